The SMILES string of the molecule is Cc1cc(Br)cc(S(=O)(=O)Cl)c1OCc1cncc(Br)c1. The number of benzene rings is 1. The van der Waals surface area contributed by atoms with E-state index < -0.39 is 9.05 Å². The molecule has 0 amide bonds. The van der Waals surface area contributed by atoms with Gasteiger partial charge in [0, 0.05) is 37.6 Å². The van der Waals surface area contributed by atoms with Crippen molar-refractivity contribution in [2.45, 2.75) is 18.4 Å². The molecule has 2 aromatic rings. The summed E-state index contributed by atoms with van der Waals surface area (Å²) in [5.74, 6) is 0.244. The van der Waals surface area contributed by atoms with E-state index >= 15 is 0 Å². The Labute approximate surface area is 144 Å². The van der Waals surface area contributed by atoms with Gasteiger partial charge in [0.25, 0.3) is 9.05 Å². The lowest BCUT2D eigenvalue weighted by Gasteiger charge is -2.13. The van der Waals surface area contributed by atoms with Crippen LogP contribution in [0.2, 0.25) is 0 Å². The van der Waals surface area contributed by atoms with E-state index in [0.717, 1.165) is 10.0 Å². The number of nitrogens with zero attached hydrogens (tertiary/aromatic N) is 1. The summed E-state index contributed by atoms with van der Waals surface area (Å²) in [7, 11) is 1.57. The lowest BCUT2D eigenvalue weighted by molar-refractivity contribution is 0.295. The molecule has 112 valence electrons. The van der Waals surface area contributed by atoms with Crippen LogP contribution in [0.25, 0.3) is 0 Å². The minimum atomic E-state index is -3.90. The van der Waals surface area contributed by atoms with Crippen LogP contribution < -0.4 is 4.74 Å². The van der Waals surface area contributed by atoms with Crippen LogP contribution in [0.4, 0.5) is 0 Å². The topological polar surface area (TPSA) is 56.3 Å². The first-order valence-electron chi connectivity index (χ1n) is 5.74. The fraction of sp³-hybridized carbons (Fsp3) is 0.154. The fourth-order valence-electron chi connectivity index (χ4n) is 1.76. The molecule has 0 radical (unpaired) electrons. The van der Waals surface area contributed by atoms with E-state index in [0.29, 0.717) is 10.0 Å². The molecular formula is C13H10Br2ClNO3S. The lowest BCUT2D eigenvalue weighted by Crippen LogP contribution is -2.03. The van der Waals surface area contributed by atoms with Crippen molar-refractivity contribution in [3.8, 4) is 5.75 Å². The maximum atomic E-state index is 11.7. The smallest absolute Gasteiger partial charge is 0.265 e. The Kier molecular flexibility index (Phi) is 5.29. The van der Waals surface area contributed by atoms with Gasteiger partial charge < -0.3 is 4.74 Å². The summed E-state index contributed by atoms with van der Waals surface area (Å²) < 4.78 is 30.4. The summed E-state index contributed by atoms with van der Waals surface area (Å²) >= 11 is 6.57. The zero-order valence-electron chi connectivity index (χ0n) is 10.8. The second-order valence-electron chi connectivity index (χ2n) is 4.29. The van der Waals surface area contributed by atoms with Gasteiger partial charge in [-0.2, -0.15) is 0 Å². The van der Waals surface area contributed by atoms with E-state index in [4.69, 9.17) is 15.4 Å². The molecule has 4 nitrogen and oxygen atoms in total. The highest BCUT2D eigenvalue weighted by molar-refractivity contribution is 9.10. The Balaban J connectivity index is 2.36. The van der Waals surface area contributed by atoms with Crippen molar-refractivity contribution >= 4 is 51.6 Å². The normalized spacial score (nSPS) is 11.4. The van der Waals surface area contributed by atoms with E-state index in [1.54, 1.807) is 25.4 Å². The van der Waals surface area contributed by atoms with Crippen molar-refractivity contribution in [2.75, 3.05) is 0 Å². The van der Waals surface area contributed by atoms with Crippen molar-refractivity contribution in [1.29, 1.82) is 0 Å². The minimum Gasteiger partial charge on any atom is -0.487 e. The van der Waals surface area contributed by atoms with Crippen molar-refractivity contribution in [3.05, 3.63) is 50.7 Å². The molecule has 21 heavy (non-hydrogen) atoms. The Morgan fingerprint density at radius 1 is 1.19 bits per heavy atom. The fourth-order valence-corrected chi connectivity index (χ4v) is 3.94. The maximum absolute atomic E-state index is 11.7. The summed E-state index contributed by atoms with van der Waals surface area (Å²) in [5.41, 5.74) is 1.48. The molecule has 0 aliphatic heterocycles. The minimum absolute atomic E-state index is 0.0565. The quantitative estimate of drug-likeness (QED) is 0.641. The first-order chi connectivity index (χ1) is 9.77. The van der Waals surface area contributed by atoms with E-state index in [2.05, 4.69) is 36.8 Å². The van der Waals surface area contributed by atoms with Gasteiger partial charge in [-0.1, -0.05) is 15.9 Å². The summed E-state index contributed by atoms with van der Waals surface area (Å²) in [5, 5.41) is 0. The molecular weight excluding hydrogens is 445 g/mol. The van der Waals surface area contributed by atoms with Gasteiger partial charge in [0.15, 0.2) is 0 Å². The van der Waals surface area contributed by atoms with Crippen LogP contribution in [0.5, 0.6) is 5.75 Å². The number of hydrogen-bond donors (Lipinski definition) is 0. The molecule has 0 N–H and O–H groups in total. The number of hydrogen-bond acceptors (Lipinski definition) is 4. The van der Waals surface area contributed by atoms with E-state index in [9.17, 15) is 8.42 Å². The zero-order valence-corrected chi connectivity index (χ0v) is 15.6. The molecule has 2 rings (SSSR count). The predicted molar refractivity (Wildman–Crippen MR) is 88.2 cm³/mol. The van der Waals surface area contributed by atoms with E-state index in [1.807, 2.05) is 6.07 Å². The average Bonchev–Trinajstić information content (AvgIpc) is 2.36. The number of ether oxygens (including phenoxy) is 1. The van der Waals surface area contributed by atoms with Gasteiger partial charge in [-0.3, -0.25) is 4.98 Å². The van der Waals surface area contributed by atoms with Gasteiger partial charge in [0.1, 0.15) is 17.3 Å². The molecule has 0 saturated heterocycles. The predicted octanol–water partition coefficient (Wildman–Crippen LogP) is 4.42. The average molecular weight is 456 g/mol. The van der Waals surface area contributed by atoms with Crippen molar-refractivity contribution in [1.82, 2.24) is 4.98 Å². The van der Waals surface area contributed by atoms with Crippen molar-refractivity contribution in [2.24, 2.45) is 0 Å². The van der Waals surface area contributed by atoms with Gasteiger partial charge >= 0.3 is 0 Å². The van der Waals surface area contributed by atoms with Crippen molar-refractivity contribution < 1.29 is 13.2 Å². The van der Waals surface area contributed by atoms with Gasteiger partial charge in [-0.25, -0.2) is 8.42 Å². The highest BCUT2D eigenvalue weighted by Crippen LogP contribution is 2.34. The van der Waals surface area contributed by atoms with Gasteiger partial charge in [-0.15, -0.1) is 0 Å². The standard InChI is InChI=1S/C13H10Br2ClNO3S/c1-8-2-10(14)4-12(21(16,18)19)13(8)20-7-9-3-11(15)6-17-5-9/h2-6H,7H2,1H3. The van der Waals surface area contributed by atoms with E-state index in [-0.39, 0.29) is 17.3 Å². The third-order valence-electron chi connectivity index (χ3n) is 2.61. The third-order valence-corrected chi connectivity index (χ3v) is 4.83. The number of aromatic nitrogens is 1. The van der Waals surface area contributed by atoms with Crippen molar-refractivity contribution in [3.63, 3.8) is 0 Å². The molecule has 1 heterocycles. The molecule has 0 fully saturated rings. The molecule has 0 unspecified atom stereocenters. The van der Waals surface area contributed by atoms with Crippen LogP contribution in [-0.4, -0.2) is 13.4 Å². The number of pyridine rings is 1. The Morgan fingerprint density at radius 2 is 1.90 bits per heavy atom. The Hall–Kier alpha value is -0.630. The Morgan fingerprint density at radius 3 is 2.52 bits per heavy atom. The van der Waals surface area contributed by atoms with Crippen LogP contribution in [0.3, 0.4) is 0 Å². The number of aryl methyl sites for hydroxylation is 1. The van der Waals surface area contributed by atoms with E-state index in [1.165, 1.54) is 6.07 Å². The molecule has 0 spiro atoms. The summed E-state index contributed by atoms with van der Waals surface area (Å²) in [6, 6.07) is 5.03. The monoisotopic (exact) mass is 453 g/mol. The highest BCUT2D eigenvalue weighted by atomic mass is 79.9. The molecule has 0 bridgehead atoms. The molecule has 0 aliphatic rings. The molecule has 0 saturated carbocycles. The van der Waals surface area contributed by atoms with Gasteiger partial charge in [-0.05, 0) is 46.6 Å². The van der Waals surface area contributed by atoms with Gasteiger partial charge in [0.2, 0.25) is 0 Å². The molecule has 1 aromatic carbocycles. The number of halogens is 3. The second-order valence-corrected chi connectivity index (χ2v) is 8.65. The third kappa shape index (κ3) is 4.42. The zero-order chi connectivity index (χ0) is 15.6. The maximum Gasteiger partial charge on any atom is 0.265 e. The molecule has 8 heteroatoms. The summed E-state index contributed by atoms with van der Waals surface area (Å²) in [4.78, 5) is 3.97. The summed E-state index contributed by atoms with van der Waals surface area (Å²) in [6.07, 6.45) is 3.30. The second kappa shape index (κ2) is 6.64. The largest absolute Gasteiger partial charge is 0.487 e. The first kappa shape index (κ1) is 16.7. The highest BCUT2D eigenvalue weighted by Gasteiger charge is 2.20. The first-order valence-corrected chi connectivity index (χ1v) is 9.64. The summed E-state index contributed by atoms with van der Waals surface area (Å²) in [6.45, 7) is 1.94. The molecule has 0 aliphatic carbocycles. The Bertz CT molecular complexity index is 781. The molecule has 1 aromatic heterocycles. The van der Waals surface area contributed by atoms with Crippen LogP contribution in [-0.2, 0) is 15.7 Å². The number of rotatable bonds is 4. The lowest BCUT2D eigenvalue weighted by atomic mass is 10.2. The van der Waals surface area contributed by atoms with Gasteiger partial charge in [0.05, 0.1) is 0 Å². The van der Waals surface area contributed by atoms with Crippen LogP contribution in [0.1, 0.15) is 11.1 Å². The van der Waals surface area contributed by atoms with Crippen LogP contribution in [0.15, 0.2) is 44.4 Å². The van der Waals surface area contributed by atoms with Crippen LogP contribution >= 0.6 is 42.5 Å². The van der Waals surface area contributed by atoms with Crippen LogP contribution in [0, 0.1) is 6.92 Å². The molecule has 0 atom stereocenters.